The third-order valence-electron chi connectivity index (χ3n) is 3.00. The van der Waals surface area contributed by atoms with Crippen molar-refractivity contribution in [2.75, 3.05) is 5.73 Å². The molecule has 3 rings (SSSR count). The van der Waals surface area contributed by atoms with E-state index < -0.39 is 0 Å². The Morgan fingerprint density at radius 3 is 2.88 bits per heavy atom. The van der Waals surface area contributed by atoms with E-state index >= 15 is 0 Å². The fourth-order valence-electron chi connectivity index (χ4n) is 2.01. The molecule has 1 aliphatic rings. The van der Waals surface area contributed by atoms with Gasteiger partial charge < -0.3 is 5.73 Å². The van der Waals surface area contributed by atoms with Gasteiger partial charge >= 0.3 is 0 Å². The highest BCUT2D eigenvalue weighted by molar-refractivity contribution is 5.79. The highest BCUT2D eigenvalue weighted by Gasteiger charge is 2.27. The second-order valence-corrected chi connectivity index (χ2v) is 4.40. The number of hydrogen-bond donors (Lipinski definition) is 1. The van der Waals surface area contributed by atoms with E-state index in [0.717, 1.165) is 18.4 Å². The lowest BCUT2D eigenvalue weighted by molar-refractivity contribution is 0.712. The summed E-state index contributed by atoms with van der Waals surface area (Å²) in [6.45, 7) is 1.98. The molecule has 0 aliphatic heterocycles. The molecule has 0 radical (unpaired) electrons. The van der Waals surface area contributed by atoms with Crippen LogP contribution in [0.3, 0.4) is 0 Å². The molecule has 0 unspecified atom stereocenters. The van der Waals surface area contributed by atoms with Gasteiger partial charge in [0.1, 0.15) is 0 Å². The second-order valence-electron chi connectivity index (χ2n) is 4.40. The number of rotatable bonds is 1. The van der Waals surface area contributed by atoms with E-state index in [1.165, 1.54) is 0 Å². The molecular weight excluding hydrogens is 202 g/mol. The van der Waals surface area contributed by atoms with Gasteiger partial charge in [-0.1, -0.05) is 6.07 Å². The third kappa shape index (κ3) is 1.30. The number of nitrogen functional groups attached to an aromatic ring is 1. The van der Waals surface area contributed by atoms with Gasteiger partial charge in [0.15, 0.2) is 0 Å². The molecule has 16 heavy (non-hydrogen) atoms. The first kappa shape index (κ1) is 9.39. The SMILES string of the molecule is Cc1ccc2c(=O)n(C3CC3)c(N)nc2c1. The molecule has 0 atom stereocenters. The summed E-state index contributed by atoms with van der Waals surface area (Å²) in [5.74, 6) is 0.339. The zero-order valence-electron chi connectivity index (χ0n) is 9.10. The van der Waals surface area contributed by atoms with E-state index in [-0.39, 0.29) is 11.6 Å². The average molecular weight is 215 g/mol. The summed E-state index contributed by atoms with van der Waals surface area (Å²) < 4.78 is 1.62. The molecule has 2 N–H and O–H groups in total. The molecule has 0 saturated heterocycles. The van der Waals surface area contributed by atoms with Crippen LogP contribution in [-0.4, -0.2) is 9.55 Å². The second kappa shape index (κ2) is 3.07. The van der Waals surface area contributed by atoms with Crippen molar-refractivity contribution < 1.29 is 0 Å². The predicted octanol–water partition coefficient (Wildman–Crippen LogP) is 1.62. The molecule has 2 aromatic rings. The van der Waals surface area contributed by atoms with Crippen LogP contribution < -0.4 is 11.3 Å². The van der Waals surface area contributed by atoms with Crippen molar-refractivity contribution >= 4 is 16.9 Å². The Bertz CT molecular complexity index is 626. The summed E-state index contributed by atoms with van der Waals surface area (Å²) >= 11 is 0. The van der Waals surface area contributed by atoms with Gasteiger partial charge in [-0.2, -0.15) is 0 Å². The quantitative estimate of drug-likeness (QED) is 0.786. The normalized spacial score (nSPS) is 15.6. The standard InChI is InChI=1S/C12H13N3O/c1-7-2-5-9-10(6-7)14-12(13)15(11(9)16)8-3-4-8/h2,5-6,8H,3-4H2,1H3,(H2,13,14). The zero-order chi connectivity index (χ0) is 11.3. The fraction of sp³-hybridized carbons (Fsp3) is 0.333. The van der Waals surface area contributed by atoms with Crippen molar-refractivity contribution in [3.63, 3.8) is 0 Å². The largest absolute Gasteiger partial charge is 0.369 e. The van der Waals surface area contributed by atoms with Crippen molar-refractivity contribution in [1.82, 2.24) is 9.55 Å². The highest BCUT2D eigenvalue weighted by Crippen LogP contribution is 2.35. The summed E-state index contributed by atoms with van der Waals surface area (Å²) in [7, 11) is 0. The number of aromatic nitrogens is 2. The van der Waals surface area contributed by atoms with Crippen molar-refractivity contribution in [1.29, 1.82) is 0 Å². The molecule has 1 aliphatic carbocycles. The number of benzene rings is 1. The first-order valence-corrected chi connectivity index (χ1v) is 5.45. The van der Waals surface area contributed by atoms with E-state index in [1.807, 2.05) is 25.1 Å². The minimum Gasteiger partial charge on any atom is -0.369 e. The minimum absolute atomic E-state index is 0.00926. The van der Waals surface area contributed by atoms with E-state index in [1.54, 1.807) is 4.57 Å². The highest BCUT2D eigenvalue weighted by atomic mass is 16.1. The molecule has 1 aromatic carbocycles. The first-order chi connectivity index (χ1) is 7.66. The summed E-state index contributed by atoms with van der Waals surface area (Å²) in [6, 6.07) is 5.92. The number of nitrogens with two attached hydrogens (primary N) is 1. The molecule has 1 saturated carbocycles. The smallest absolute Gasteiger partial charge is 0.263 e. The van der Waals surface area contributed by atoms with Crippen LogP contribution in [0.2, 0.25) is 0 Å². The van der Waals surface area contributed by atoms with Crippen LogP contribution in [0.4, 0.5) is 5.95 Å². The number of fused-ring (bicyclic) bond motifs is 1. The molecule has 1 heterocycles. The zero-order valence-corrected chi connectivity index (χ0v) is 9.10. The number of hydrogen-bond acceptors (Lipinski definition) is 3. The minimum atomic E-state index is -0.00926. The number of aryl methyl sites for hydroxylation is 1. The van der Waals surface area contributed by atoms with Gasteiger partial charge in [0.05, 0.1) is 10.9 Å². The molecule has 1 aromatic heterocycles. The lowest BCUT2D eigenvalue weighted by atomic mass is 10.2. The van der Waals surface area contributed by atoms with E-state index in [9.17, 15) is 4.79 Å². The Balaban J connectivity index is 2.39. The fourth-order valence-corrected chi connectivity index (χ4v) is 2.01. The Morgan fingerprint density at radius 2 is 2.19 bits per heavy atom. The molecule has 1 fully saturated rings. The van der Waals surface area contributed by atoms with E-state index in [4.69, 9.17) is 5.73 Å². The van der Waals surface area contributed by atoms with E-state index in [2.05, 4.69) is 4.98 Å². The van der Waals surface area contributed by atoms with Crippen molar-refractivity contribution in [3.8, 4) is 0 Å². The van der Waals surface area contributed by atoms with Crippen molar-refractivity contribution in [3.05, 3.63) is 34.1 Å². The van der Waals surface area contributed by atoms with Crippen LogP contribution in [0.25, 0.3) is 10.9 Å². The maximum absolute atomic E-state index is 12.2. The number of anilines is 1. The van der Waals surface area contributed by atoms with Crippen molar-refractivity contribution in [2.24, 2.45) is 0 Å². The molecule has 0 amide bonds. The van der Waals surface area contributed by atoms with Gasteiger partial charge in [-0.05, 0) is 37.5 Å². The summed E-state index contributed by atoms with van der Waals surface area (Å²) in [5, 5.41) is 0.659. The topological polar surface area (TPSA) is 60.9 Å². The molecule has 4 heteroatoms. The lowest BCUT2D eigenvalue weighted by Crippen LogP contribution is -2.23. The van der Waals surface area contributed by atoms with Gasteiger partial charge in [-0.15, -0.1) is 0 Å². The summed E-state index contributed by atoms with van der Waals surface area (Å²) in [6.07, 6.45) is 2.06. The molecule has 0 spiro atoms. The van der Waals surface area contributed by atoms with Gasteiger partial charge in [-0.3, -0.25) is 9.36 Å². The van der Waals surface area contributed by atoms with Crippen LogP contribution in [0.15, 0.2) is 23.0 Å². The Morgan fingerprint density at radius 1 is 1.44 bits per heavy atom. The lowest BCUT2D eigenvalue weighted by Gasteiger charge is -2.08. The average Bonchev–Trinajstić information content (AvgIpc) is 3.01. The number of nitrogens with zero attached hydrogens (tertiary/aromatic N) is 2. The van der Waals surface area contributed by atoms with Crippen LogP contribution >= 0.6 is 0 Å². The Hall–Kier alpha value is -1.84. The Kier molecular flexibility index (Phi) is 1.80. The summed E-state index contributed by atoms with van der Waals surface area (Å²) in [5.41, 5.74) is 7.60. The van der Waals surface area contributed by atoms with Crippen LogP contribution in [-0.2, 0) is 0 Å². The maximum Gasteiger partial charge on any atom is 0.263 e. The molecule has 82 valence electrons. The first-order valence-electron chi connectivity index (χ1n) is 5.45. The van der Waals surface area contributed by atoms with Crippen molar-refractivity contribution in [2.45, 2.75) is 25.8 Å². The van der Waals surface area contributed by atoms with Crippen LogP contribution in [0, 0.1) is 6.92 Å². The van der Waals surface area contributed by atoms with Gasteiger partial charge in [0.25, 0.3) is 5.56 Å². The van der Waals surface area contributed by atoms with E-state index in [0.29, 0.717) is 16.9 Å². The molecule has 4 nitrogen and oxygen atoms in total. The van der Waals surface area contributed by atoms with Crippen LogP contribution in [0.1, 0.15) is 24.4 Å². The maximum atomic E-state index is 12.2. The molecular formula is C12H13N3O. The van der Waals surface area contributed by atoms with Gasteiger partial charge in [0.2, 0.25) is 5.95 Å². The molecule has 0 bridgehead atoms. The third-order valence-corrected chi connectivity index (χ3v) is 3.00. The van der Waals surface area contributed by atoms with Gasteiger partial charge in [-0.25, -0.2) is 4.98 Å². The van der Waals surface area contributed by atoms with Crippen LogP contribution in [0.5, 0.6) is 0 Å². The predicted molar refractivity (Wildman–Crippen MR) is 63.4 cm³/mol. The monoisotopic (exact) mass is 215 g/mol. The van der Waals surface area contributed by atoms with Gasteiger partial charge in [0, 0.05) is 6.04 Å². The summed E-state index contributed by atoms with van der Waals surface area (Å²) in [4.78, 5) is 16.5. The Labute approximate surface area is 92.7 Å².